The summed E-state index contributed by atoms with van der Waals surface area (Å²) in [5.41, 5.74) is 2.45. The van der Waals surface area contributed by atoms with Crippen LogP contribution in [0.5, 0.6) is 0 Å². The minimum atomic E-state index is 0.728. The smallest absolute Gasteiger partial charge is 0.0706 e. The van der Waals surface area contributed by atoms with Gasteiger partial charge < -0.3 is 10.6 Å². The van der Waals surface area contributed by atoms with Crippen molar-refractivity contribution < 1.29 is 0 Å². The first-order valence-electron chi connectivity index (χ1n) is 7.10. The van der Waals surface area contributed by atoms with Crippen molar-refractivity contribution in [3.8, 4) is 0 Å². The van der Waals surface area contributed by atoms with Crippen molar-refractivity contribution in [2.75, 3.05) is 19.6 Å². The second-order valence-corrected chi connectivity index (χ2v) is 5.33. The molecule has 0 saturated heterocycles. The fourth-order valence-corrected chi connectivity index (χ4v) is 2.08. The van der Waals surface area contributed by atoms with Gasteiger partial charge in [0.2, 0.25) is 0 Å². The van der Waals surface area contributed by atoms with Gasteiger partial charge in [0.25, 0.3) is 0 Å². The standard InChI is InChI=1S/C15H24N4/c1-13(2)10-16-7-5-8-17-11-14-12-18-19-9-4-3-6-15(14)19/h3-4,6,9,12-13,16-17H,5,7-8,10-11H2,1-2H3. The summed E-state index contributed by atoms with van der Waals surface area (Å²) in [6.07, 6.45) is 5.08. The number of aromatic nitrogens is 2. The Balaban J connectivity index is 1.66. The lowest BCUT2D eigenvalue weighted by atomic mass is 10.2. The zero-order chi connectivity index (χ0) is 13.5. The SMILES string of the molecule is CC(C)CNCCCNCc1cnn2ccccc12. The Morgan fingerprint density at radius 3 is 2.89 bits per heavy atom. The molecule has 2 aromatic rings. The normalized spacial score (nSPS) is 11.5. The molecule has 0 unspecified atom stereocenters. The highest BCUT2D eigenvalue weighted by molar-refractivity contribution is 5.53. The minimum Gasteiger partial charge on any atom is -0.316 e. The number of nitrogens with one attached hydrogen (secondary N) is 2. The van der Waals surface area contributed by atoms with Gasteiger partial charge in [-0.15, -0.1) is 0 Å². The molecule has 104 valence electrons. The maximum absolute atomic E-state index is 4.33. The summed E-state index contributed by atoms with van der Waals surface area (Å²) in [6.45, 7) is 8.58. The molecule has 0 fully saturated rings. The second-order valence-electron chi connectivity index (χ2n) is 5.33. The van der Waals surface area contributed by atoms with E-state index < -0.39 is 0 Å². The molecule has 2 rings (SSSR count). The van der Waals surface area contributed by atoms with Gasteiger partial charge in [0.15, 0.2) is 0 Å². The van der Waals surface area contributed by atoms with Crippen LogP contribution in [0.2, 0.25) is 0 Å². The minimum absolute atomic E-state index is 0.728. The van der Waals surface area contributed by atoms with Crippen LogP contribution in [0.3, 0.4) is 0 Å². The molecule has 4 heteroatoms. The van der Waals surface area contributed by atoms with Gasteiger partial charge in [-0.1, -0.05) is 19.9 Å². The summed E-state index contributed by atoms with van der Waals surface area (Å²) >= 11 is 0. The first-order chi connectivity index (χ1) is 9.27. The van der Waals surface area contributed by atoms with E-state index in [1.807, 2.05) is 23.0 Å². The van der Waals surface area contributed by atoms with E-state index in [1.165, 1.54) is 11.1 Å². The molecule has 0 spiro atoms. The van der Waals surface area contributed by atoms with Crippen LogP contribution in [0, 0.1) is 5.92 Å². The molecular weight excluding hydrogens is 236 g/mol. The first-order valence-corrected chi connectivity index (χ1v) is 7.10. The van der Waals surface area contributed by atoms with E-state index >= 15 is 0 Å². The number of fused-ring (bicyclic) bond motifs is 1. The molecule has 0 aliphatic heterocycles. The summed E-state index contributed by atoms with van der Waals surface area (Å²) in [5.74, 6) is 0.728. The lowest BCUT2D eigenvalue weighted by molar-refractivity contribution is 0.530. The third-order valence-electron chi connectivity index (χ3n) is 3.08. The molecule has 0 atom stereocenters. The fourth-order valence-electron chi connectivity index (χ4n) is 2.08. The predicted octanol–water partition coefficient (Wildman–Crippen LogP) is 2.06. The predicted molar refractivity (Wildman–Crippen MR) is 79.2 cm³/mol. The van der Waals surface area contributed by atoms with Gasteiger partial charge in [-0.05, 0) is 44.1 Å². The van der Waals surface area contributed by atoms with E-state index in [4.69, 9.17) is 0 Å². The monoisotopic (exact) mass is 260 g/mol. The summed E-state index contributed by atoms with van der Waals surface area (Å²) in [5, 5.41) is 11.3. The van der Waals surface area contributed by atoms with Crippen LogP contribution in [0.25, 0.3) is 5.52 Å². The van der Waals surface area contributed by atoms with Crippen LogP contribution in [0.15, 0.2) is 30.6 Å². The average Bonchev–Trinajstić information content (AvgIpc) is 2.81. The van der Waals surface area contributed by atoms with Crippen molar-refractivity contribution >= 4 is 5.52 Å². The summed E-state index contributed by atoms with van der Waals surface area (Å²) in [4.78, 5) is 0. The van der Waals surface area contributed by atoms with Gasteiger partial charge in [0, 0.05) is 18.3 Å². The highest BCUT2D eigenvalue weighted by Crippen LogP contribution is 2.08. The highest BCUT2D eigenvalue weighted by atomic mass is 15.2. The third-order valence-corrected chi connectivity index (χ3v) is 3.08. The Labute approximate surface area is 115 Å². The van der Waals surface area contributed by atoms with Crippen molar-refractivity contribution in [3.63, 3.8) is 0 Å². The van der Waals surface area contributed by atoms with Crippen LogP contribution in [0.1, 0.15) is 25.8 Å². The van der Waals surface area contributed by atoms with Gasteiger partial charge >= 0.3 is 0 Å². The number of pyridine rings is 1. The molecule has 0 radical (unpaired) electrons. The van der Waals surface area contributed by atoms with Gasteiger partial charge in [0.05, 0.1) is 11.7 Å². The molecular formula is C15H24N4. The molecule has 19 heavy (non-hydrogen) atoms. The van der Waals surface area contributed by atoms with E-state index in [9.17, 15) is 0 Å². The second kappa shape index (κ2) is 7.26. The van der Waals surface area contributed by atoms with Crippen molar-refractivity contribution in [3.05, 3.63) is 36.2 Å². The average molecular weight is 260 g/mol. The maximum atomic E-state index is 4.33. The number of nitrogens with zero attached hydrogens (tertiary/aromatic N) is 2. The zero-order valence-corrected chi connectivity index (χ0v) is 11.9. The zero-order valence-electron chi connectivity index (χ0n) is 11.9. The van der Waals surface area contributed by atoms with Crippen molar-refractivity contribution in [1.82, 2.24) is 20.2 Å². The molecule has 0 saturated carbocycles. The molecule has 2 aromatic heterocycles. The Morgan fingerprint density at radius 2 is 2.05 bits per heavy atom. The first kappa shape index (κ1) is 14.0. The van der Waals surface area contributed by atoms with E-state index in [-0.39, 0.29) is 0 Å². The van der Waals surface area contributed by atoms with E-state index in [0.717, 1.165) is 38.5 Å². The lowest BCUT2D eigenvalue weighted by Gasteiger charge is -2.07. The van der Waals surface area contributed by atoms with Crippen molar-refractivity contribution in [2.24, 2.45) is 5.92 Å². The lowest BCUT2D eigenvalue weighted by Crippen LogP contribution is -2.24. The van der Waals surface area contributed by atoms with E-state index in [2.05, 4.69) is 41.7 Å². The quantitative estimate of drug-likeness (QED) is 0.714. The van der Waals surface area contributed by atoms with Crippen LogP contribution < -0.4 is 10.6 Å². The Hall–Kier alpha value is -1.39. The van der Waals surface area contributed by atoms with Crippen LogP contribution in [-0.2, 0) is 6.54 Å². The molecule has 0 aliphatic carbocycles. The molecule has 0 bridgehead atoms. The Morgan fingerprint density at radius 1 is 1.21 bits per heavy atom. The van der Waals surface area contributed by atoms with Crippen molar-refractivity contribution in [1.29, 1.82) is 0 Å². The Bertz CT molecular complexity index is 490. The van der Waals surface area contributed by atoms with Gasteiger partial charge in [0.1, 0.15) is 0 Å². The number of hydrogen-bond acceptors (Lipinski definition) is 3. The topological polar surface area (TPSA) is 41.4 Å². The van der Waals surface area contributed by atoms with E-state index in [1.54, 1.807) is 0 Å². The highest BCUT2D eigenvalue weighted by Gasteiger charge is 2.01. The van der Waals surface area contributed by atoms with Crippen molar-refractivity contribution in [2.45, 2.75) is 26.8 Å². The van der Waals surface area contributed by atoms with Gasteiger partial charge in [-0.3, -0.25) is 0 Å². The van der Waals surface area contributed by atoms with Crippen LogP contribution in [0.4, 0.5) is 0 Å². The largest absolute Gasteiger partial charge is 0.316 e. The Kier molecular flexibility index (Phi) is 5.36. The van der Waals surface area contributed by atoms with Crippen LogP contribution >= 0.6 is 0 Å². The molecule has 2 N–H and O–H groups in total. The number of hydrogen-bond donors (Lipinski definition) is 2. The summed E-state index contributed by atoms with van der Waals surface area (Å²) in [6, 6.07) is 6.15. The maximum Gasteiger partial charge on any atom is 0.0706 e. The fraction of sp³-hybridized carbons (Fsp3) is 0.533. The molecule has 0 aromatic carbocycles. The van der Waals surface area contributed by atoms with Gasteiger partial charge in [-0.2, -0.15) is 5.10 Å². The number of rotatable bonds is 8. The molecule has 0 aliphatic rings. The molecule has 0 amide bonds. The van der Waals surface area contributed by atoms with Gasteiger partial charge in [-0.25, -0.2) is 4.52 Å². The van der Waals surface area contributed by atoms with Crippen LogP contribution in [-0.4, -0.2) is 29.2 Å². The summed E-state index contributed by atoms with van der Waals surface area (Å²) < 4.78 is 1.92. The third kappa shape index (κ3) is 4.33. The summed E-state index contributed by atoms with van der Waals surface area (Å²) in [7, 11) is 0. The molecule has 2 heterocycles. The molecule has 4 nitrogen and oxygen atoms in total. The van der Waals surface area contributed by atoms with E-state index in [0.29, 0.717) is 0 Å².